The number of nitrogens with zero attached hydrogens (tertiary/aromatic N) is 7. The van der Waals surface area contributed by atoms with Crippen molar-refractivity contribution in [1.29, 1.82) is 0 Å². The fourth-order valence-electron chi connectivity index (χ4n) is 2.31. The summed E-state index contributed by atoms with van der Waals surface area (Å²) in [4.78, 5) is 22.7. The fraction of sp³-hybridized carbons (Fsp3) is 0.125. The van der Waals surface area contributed by atoms with E-state index in [9.17, 15) is 0 Å². The van der Waals surface area contributed by atoms with Gasteiger partial charge in [0.15, 0.2) is 0 Å². The van der Waals surface area contributed by atoms with Gasteiger partial charge in [0.05, 0.1) is 16.3 Å². The lowest BCUT2D eigenvalue weighted by Gasteiger charge is -2.02. The molecule has 8 heteroatoms. The highest BCUT2D eigenvalue weighted by atomic mass is 32.1. The first kappa shape index (κ1) is 14.6. The standard InChI is InChI=1S/C16H13N7S/c1-11-15(24-16(21-11)12-3-2-5-17-7-12)13-4-6-19-14(22-13)8-23-10-18-9-20-23/h2-7,9-10H,8H2,1H3. The van der Waals surface area contributed by atoms with Crippen LogP contribution in [0.2, 0.25) is 0 Å². The molecule has 4 rings (SSSR count). The van der Waals surface area contributed by atoms with Gasteiger partial charge in [-0.3, -0.25) is 4.98 Å². The van der Waals surface area contributed by atoms with Gasteiger partial charge in [0.1, 0.15) is 30.0 Å². The Balaban J connectivity index is 1.68. The van der Waals surface area contributed by atoms with E-state index in [0.29, 0.717) is 12.4 Å². The zero-order valence-corrected chi connectivity index (χ0v) is 13.7. The van der Waals surface area contributed by atoms with Crippen molar-refractivity contribution >= 4 is 11.3 Å². The Labute approximate surface area is 142 Å². The molecular formula is C16H13N7S. The number of pyridine rings is 1. The van der Waals surface area contributed by atoms with Crippen molar-refractivity contribution in [1.82, 2.24) is 34.7 Å². The maximum Gasteiger partial charge on any atom is 0.150 e. The SMILES string of the molecule is Cc1nc(-c2cccnc2)sc1-c1ccnc(Cn2cncn2)n1. The van der Waals surface area contributed by atoms with Gasteiger partial charge in [0.2, 0.25) is 0 Å². The topological polar surface area (TPSA) is 82.3 Å². The number of thiazole rings is 1. The Morgan fingerprint density at radius 2 is 2.08 bits per heavy atom. The third-order valence-corrected chi connectivity index (χ3v) is 4.64. The molecule has 0 amide bonds. The minimum Gasteiger partial charge on any atom is -0.264 e. The van der Waals surface area contributed by atoms with Gasteiger partial charge < -0.3 is 0 Å². The van der Waals surface area contributed by atoms with E-state index in [1.54, 1.807) is 34.7 Å². The quantitative estimate of drug-likeness (QED) is 0.570. The molecule has 0 spiro atoms. The molecule has 4 heterocycles. The molecule has 0 atom stereocenters. The minimum atomic E-state index is 0.487. The minimum absolute atomic E-state index is 0.487. The highest BCUT2D eigenvalue weighted by molar-refractivity contribution is 7.18. The van der Waals surface area contributed by atoms with Crippen molar-refractivity contribution < 1.29 is 0 Å². The highest BCUT2D eigenvalue weighted by Crippen LogP contribution is 2.33. The predicted octanol–water partition coefficient (Wildman–Crippen LogP) is 2.61. The number of rotatable bonds is 4. The molecule has 0 aliphatic carbocycles. The largest absolute Gasteiger partial charge is 0.264 e. The van der Waals surface area contributed by atoms with Crippen LogP contribution in [-0.2, 0) is 6.54 Å². The van der Waals surface area contributed by atoms with Gasteiger partial charge in [0, 0.05) is 24.2 Å². The Hall–Kier alpha value is -3.00. The van der Waals surface area contributed by atoms with Gasteiger partial charge in [-0.05, 0) is 25.1 Å². The van der Waals surface area contributed by atoms with Crippen LogP contribution in [0.1, 0.15) is 11.5 Å². The third-order valence-electron chi connectivity index (χ3n) is 3.41. The molecule has 0 fully saturated rings. The lowest BCUT2D eigenvalue weighted by Crippen LogP contribution is -2.05. The number of aryl methyl sites for hydroxylation is 1. The zero-order chi connectivity index (χ0) is 16.4. The summed E-state index contributed by atoms with van der Waals surface area (Å²) in [6.45, 7) is 2.48. The molecule has 0 aliphatic heterocycles. The van der Waals surface area contributed by atoms with Gasteiger partial charge in [-0.2, -0.15) is 5.10 Å². The number of aromatic nitrogens is 7. The van der Waals surface area contributed by atoms with E-state index in [1.807, 2.05) is 31.3 Å². The highest BCUT2D eigenvalue weighted by Gasteiger charge is 2.13. The van der Waals surface area contributed by atoms with Gasteiger partial charge in [0.25, 0.3) is 0 Å². The summed E-state index contributed by atoms with van der Waals surface area (Å²) in [5.74, 6) is 0.689. The summed E-state index contributed by atoms with van der Waals surface area (Å²) in [5, 5.41) is 5.02. The van der Waals surface area contributed by atoms with Crippen molar-refractivity contribution in [2.24, 2.45) is 0 Å². The number of hydrogen-bond acceptors (Lipinski definition) is 7. The average molecular weight is 335 g/mol. The maximum atomic E-state index is 4.65. The van der Waals surface area contributed by atoms with Crippen LogP contribution in [0.5, 0.6) is 0 Å². The zero-order valence-electron chi connectivity index (χ0n) is 12.9. The van der Waals surface area contributed by atoms with Crippen LogP contribution >= 0.6 is 11.3 Å². The normalized spacial score (nSPS) is 10.9. The Bertz CT molecular complexity index is 948. The molecule has 0 radical (unpaired) electrons. The lowest BCUT2D eigenvalue weighted by molar-refractivity contribution is 0.654. The van der Waals surface area contributed by atoms with E-state index >= 15 is 0 Å². The maximum absolute atomic E-state index is 4.65. The molecule has 0 bridgehead atoms. The van der Waals surface area contributed by atoms with E-state index in [2.05, 4.69) is 30.0 Å². The molecule has 4 aromatic rings. The number of hydrogen-bond donors (Lipinski definition) is 0. The van der Waals surface area contributed by atoms with Crippen molar-refractivity contribution in [2.75, 3.05) is 0 Å². The molecule has 0 N–H and O–H groups in total. The van der Waals surface area contributed by atoms with Gasteiger partial charge in [-0.1, -0.05) is 0 Å². The molecular weight excluding hydrogens is 322 g/mol. The molecule has 24 heavy (non-hydrogen) atoms. The van der Waals surface area contributed by atoms with E-state index in [0.717, 1.165) is 26.8 Å². The molecule has 0 aliphatic rings. The van der Waals surface area contributed by atoms with Crippen LogP contribution in [0.25, 0.3) is 21.1 Å². The monoisotopic (exact) mass is 335 g/mol. The second kappa shape index (κ2) is 6.25. The van der Waals surface area contributed by atoms with E-state index in [-0.39, 0.29) is 0 Å². The third kappa shape index (κ3) is 2.91. The molecule has 0 saturated carbocycles. The Kier molecular flexibility index (Phi) is 3.80. The summed E-state index contributed by atoms with van der Waals surface area (Å²) >= 11 is 1.61. The molecule has 118 valence electrons. The van der Waals surface area contributed by atoms with Gasteiger partial charge >= 0.3 is 0 Å². The van der Waals surface area contributed by atoms with Crippen LogP contribution in [0, 0.1) is 6.92 Å². The van der Waals surface area contributed by atoms with E-state index in [1.165, 1.54) is 6.33 Å². The average Bonchev–Trinajstić information content (AvgIpc) is 3.25. The van der Waals surface area contributed by atoms with Crippen molar-refractivity contribution in [3.8, 4) is 21.1 Å². The Morgan fingerprint density at radius 3 is 2.88 bits per heavy atom. The Morgan fingerprint density at radius 1 is 1.12 bits per heavy atom. The van der Waals surface area contributed by atoms with Gasteiger partial charge in [-0.15, -0.1) is 11.3 Å². The molecule has 7 nitrogen and oxygen atoms in total. The van der Waals surface area contributed by atoms with Crippen LogP contribution in [0.15, 0.2) is 49.4 Å². The van der Waals surface area contributed by atoms with Crippen molar-refractivity contribution in [3.05, 3.63) is 61.0 Å². The summed E-state index contributed by atoms with van der Waals surface area (Å²) in [6.07, 6.45) is 8.48. The van der Waals surface area contributed by atoms with Crippen LogP contribution in [-0.4, -0.2) is 34.7 Å². The van der Waals surface area contributed by atoms with Gasteiger partial charge in [-0.25, -0.2) is 24.6 Å². The molecule has 0 saturated heterocycles. The smallest absolute Gasteiger partial charge is 0.150 e. The predicted molar refractivity (Wildman–Crippen MR) is 90.2 cm³/mol. The summed E-state index contributed by atoms with van der Waals surface area (Å²) in [5.41, 5.74) is 2.82. The summed E-state index contributed by atoms with van der Waals surface area (Å²) in [6, 6.07) is 5.82. The van der Waals surface area contributed by atoms with Crippen molar-refractivity contribution in [3.63, 3.8) is 0 Å². The summed E-state index contributed by atoms with van der Waals surface area (Å²) in [7, 11) is 0. The second-order valence-corrected chi connectivity index (χ2v) is 6.13. The molecule has 0 unspecified atom stereocenters. The van der Waals surface area contributed by atoms with Crippen LogP contribution in [0.4, 0.5) is 0 Å². The van der Waals surface area contributed by atoms with Crippen LogP contribution < -0.4 is 0 Å². The molecule has 4 aromatic heterocycles. The fourth-order valence-corrected chi connectivity index (χ4v) is 3.33. The second-order valence-electron chi connectivity index (χ2n) is 5.13. The van der Waals surface area contributed by atoms with Crippen LogP contribution in [0.3, 0.4) is 0 Å². The lowest BCUT2D eigenvalue weighted by atomic mass is 10.3. The summed E-state index contributed by atoms with van der Waals surface area (Å²) < 4.78 is 1.69. The molecule has 0 aromatic carbocycles. The first-order chi connectivity index (χ1) is 11.8. The first-order valence-corrected chi connectivity index (χ1v) is 8.14. The first-order valence-electron chi connectivity index (χ1n) is 7.32. The van der Waals surface area contributed by atoms with E-state index < -0.39 is 0 Å². The van der Waals surface area contributed by atoms with Crippen molar-refractivity contribution in [2.45, 2.75) is 13.5 Å². The van der Waals surface area contributed by atoms with E-state index in [4.69, 9.17) is 0 Å².